The van der Waals surface area contributed by atoms with Gasteiger partial charge in [0.2, 0.25) is 5.91 Å². The van der Waals surface area contributed by atoms with Gasteiger partial charge < -0.3 is 20.8 Å². The predicted octanol–water partition coefficient (Wildman–Crippen LogP) is 2.37. The molecule has 5 heteroatoms. The van der Waals surface area contributed by atoms with Gasteiger partial charge in [-0.1, -0.05) is 18.2 Å². The number of amides is 1. The van der Waals surface area contributed by atoms with Crippen LogP contribution in [0.4, 0.5) is 17.1 Å². The highest BCUT2D eigenvalue weighted by Crippen LogP contribution is 2.27. The van der Waals surface area contributed by atoms with Gasteiger partial charge in [-0.25, -0.2) is 0 Å². The van der Waals surface area contributed by atoms with Crippen molar-refractivity contribution in [2.75, 3.05) is 10.6 Å². The van der Waals surface area contributed by atoms with Gasteiger partial charge in [0.1, 0.15) is 0 Å². The second-order valence-electron chi connectivity index (χ2n) is 4.35. The third-order valence-electron chi connectivity index (χ3n) is 2.70. The average molecular weight is 272 g/mol. The summed E-state index contributed by atoms with van der Waals surface area (Å²) in [4.78, 5) is 11.1. The first-order valence-corrected chi connectivity index (χ1v) is 6.16. The number of benzene rings is 2. The molecule has 0 radical (unpaired) electrons. The Morgan fingerprint density at radius 1 is 1.05 bits per heavy atom. The first kappa shape index (κ1) is 14.0. The lowest BCUT2D eigenvalue weighted by molar-refractivity contribution is -0.114. The van der Waals surface area contributed by atoms with Gasteiger partial charge in [0, 0.05) is 29.5 Å². The summed E-state index contributed by atoms with van der Waals surface area (Å²) in [5.74, 6) is -0.268. The number of hydrogen-bond acceptors (Lipinski definition) is 4. The zero-order valence-electron chi connectivity index (χ0n) is 11.0. The van der Waals surface area contributed by atoms with Crippen molar-refractivity contribution in [2.45, 2.75) is 13.2 Å². The molecule has 0 saturated carbocycles. The first-order valence-electron chi connectivity index (χ1n) is 6.16. The highest BCUT2D eigenvalue weighted by molar-refractivity contribution is 5.90. The highest BCUT2D eigenvalue weighted by atomic mass is 16.5. The number of aliphatic hydroxyl groups is 2. The van der Waals surface area contributed by atoms with Crippen LogP contribution in [0.3, 0.4) is 0 Å². The lowest BCUT2D eigenvalue weighted by Crippen LogP contribution is -2.10. The maximum absolute atomic E-state index is 11.1. The number of nitrogens with one attached hydrogen (secondary N) is 2. The van der Waals surface area contributed by atoms with Crippen LogP contribution in [0.25, 0.3) is 0 Å². The summed E-state index contributed by atoms with van der Waals surface area (Å²) in [6.07, 6.45) is -1.66. The van der Waals surface area contributed by atoms with Gasteiger partial charge in [0.25, 0.3) is 0 Å². The molecule has 0 unspecified atom stereocenters. The van der Waals surface area contributed by atoms with E-state index in [1.807, 2.05) is 30.3 Å². The summed E-state index contributed by atoms with van der Waals surface area (Å²) in [5, 5.41) is 24.5. The Kier molecular flexibility index (Phi) is 4.34. The summed E-state index contributed by atoms with van der Waals surface area (Å²) < 4.78 is 0. The minimum absolute atomic E-state index is 0.237. The van der Waals surface area contributed by atoms with Crippen molar-refractivity contribution >= 4 is 23.0 Å². The van der Waals surface area contributed by atoms with Gasteiger partial charge in [-0.15, -0.1) is 0 Å². The van der Waals surface area contributed by atoms with Crippen molar-refractivity contribution < 1.29 is 15.0 Å². The lowest BCUT2D eigenvalue weighted by Gasteiger charge is -2.14. The molecule has 5 nitrogen and oxygen atoms in total. The van der Waals surface area contributed by atoms with Gasteiger partial charge in [-0.3, -0.25) is 4.79 Å². The minimum atomic E-state index is -1.66. The van der Waals surface area contributed by atoms with E-state index in [0.29, 0.717) is 11.4 Å². The molecule has 104 valence electrons. The summed E-state index contributed by atoms with van der Waals surface area (Å²) >= 11 is 0. The number of carbonyl (C=O) groups is 1. The Balaban J connectivity index is 2.28. The monoisotopic (exact) mass is 272 g/mol. The molecule has 0 atom stereocenters. The number of carbonyl (C=O) groups excluding carboxylic acids is 1. The quantitative estimate of drug-likeness (QED) is 0.644. The van der Waals surface area contributed by atoms with Crippen LogP contribution in [0.2, 0.25) is 0 Å². The van der Waals surface area contributed by atoms with Crippen LogP contribution in [0, 0.1) is 0 Å². The van der Waals surface area contributed by atoms with Gasteiger partial charge in [-0.05, 0) is 30.3 Å². The number of aliphatic hydroxyl groups excluding tert-OH is 1. The molecule has 0 bridgehead atoms. The molecule has 2 rings (SSSR count). The number of rotatable bonds is 4. The van der Waals surface area contributed by atoms with Crippen LogP contribution in [0.5, 0.6) is 0 Å². The van der Waals surface area contributed by atoms with E-state index in [2.05, 4.69) is 10.6 Å². The first-order chi connectivity index (χ1) is 9.56. The van der Waals surface area contributed by atoms with Gasteiger partial charge in [0.05, 0.1) is 0 Å². The van der Waals surface area contributed by atoms with E-state index >= 15 is 0 Å². The molecule has 20 heavy (non-hydrogen) atoms. The maximum atomic E-state index is 11.1. The summed E-state index contributed by atoms with van der Waals surface area (Å²) in [7, 11) is 0. The Bertz CT molecular complexity index is 597. The fourth-order valence-corrected chi connectivity index (χ4v) is 1.85. The zero-order chi connectivity index (χ0) is 14.5. The fourth-order valence-electron chi connectivity index (χ4n) is 1.85. The smallest absolute Gasteiger partial charge is 0.221 e. The van der Waals surface area contributed by atoms with Crippen molar-refractivity contribution in [1.82, 2.24) is 0 Å². The topological polar surface area (TPSA) is 81.6 Å². The summed E-state index contributed by atoms with van der Waals surface area (Å²) in [6.45, 7) is 1.36. The molecule has 0 aliphatic carbocycles. The van der Waals surface area contributed by atoms with E-state index in [0.717, 1.165) is 5.69 Å². The molecule has 0 aliphatic heterocycles. The third-order valence-corrected chi connectivity index (χ3v) is 2.70. The predicted molar refractivity (Wildman–Crippen MR) is 77.6 cm³/mol. The van der Waals surface area contributed by atoms with Crippen molar-refractivity contribution in [1.29, 1.82) is 0 Å². The molecule has 0 aliphatic rings. The highest BCUT2D eigenvalue weighted by Gasteiger charge is 2.11. The zero-order valence-corrected chi connectivity index (χ0v) is 11.0. The Morgan fingerprint density at radius 2 is 1.75 bits per heavy atom. The maximum Gasteiger partial charge on any atom is 0.221 e. The van der Waals surface area contributed by atoms with Crippen molar-refractivity contribution in [3.63, 3.8) is 0 Å². The van der Waals surface area contributed by atoms with Crippen LogP contribution < -0.4 is 10.6 Å². The van der Waals surface area contributed by atoms with Crippen LogP contribution in [0.1, 0.15) is 18.8 Å². The molecule has 0 fully saturated rings. The van der Waals surface area contributed by atoms with E-state index in [4.69, 9.17) is 0 Å². The molecule has 1 amide bonds. The number of hydrogen-bond donors (Lipinski definition) is 4. The van der Waals surface area contributed by atoms with E-state index in [-0.39, 0.29) is 11.5 Å². The SMILES string of the molecule is CC(=O)Nc1ccc(Nc2ccccc2)cc1C(O)O. The Labute approximate surface area is 116 Å². The molecule has 4 N–H and O–H groups in total. The van der Waals surface area contributed by atoms with Gasteiger partial charge in [-0.2, -0.15) is 0 Å². The number of anilines is 3. The Hall–Kier alpha value is -2.37. The normalized spacial score (nSPS) is 10.4. The van der Waals surface area contributed by atoms with E-state index in [1.54, 1.807) is 18.2 Å². The number of para-hydroxylation sites is 1. The lowest BCUT2D eigenvalue weighted by atomic mass is 10.1. The van der Waals surface area contributed by atoms with Crippen LogP contribution in [-0.4, -0.2) is 16.1 Å². The van der Waals surface area contributed by atoms with Crippen molar-refractivity contribution in [3.8, 4) is 0 Å². The third kappa shape index (κ3) is 3.57. The fraction of sp³-hybridized carbons (Fsp3) is 0.133. The summed E-state index contributed by atoms with van der Waals surface area (Å²) in [5.41, 5.74) is 2.21. The second-order valence-corrected chi connectivity index (χ2v) is 4.35. The average Bonchev–Trinajstić information content (AvgIpc) is 2.41. The van der Waals surface area contributed by atoms with Crippen LogP contribution >= 0.6 is 0 Å². The Morgan fingerprint density at radius 3 is 2.35 bits per heavy atom. The molecule has 0 saturated heterocycles. The van der Waals surface area contributed by atoms with Crippen molar-refractivity contribution in [2.24, 2.45) is 0 Å². The molecular weight excluding hydrogens is 256 g/mol. The minimum Gasteiger partial charge on any atom is -0.364 e. The molecular formula is C15H16N2O3. The van der Waals surface area contributed by atoms with E-state index < -0.39 is 6.29 Å². The molecule has 0 heterocycles. The van der Waals surface area contributed by atoms with Crippen LogP contribution in [0.15, 0.2) is 48.5 Å². The largest absolute Gasteiger partial charge is 0.364 e. The molecule has 2 aromatic rings. The van der Waals surface area contributed by atoms with E-state index in [9.17, 15) is 15.0 Å². The second kappa shape index (κ2) is 6.18. The molecule has 2 aromatic carbocycles. The van der Waals surface area contributed by atoms with E-state index in [1.165, 1.54) is 6.92 Å². The molecule has 0 aromatic heterocycles. The summed E-state index contributed by atoms with van der Waals surface area (Å²) in [6, 6.07) is 14.5. The van der Waals surface area contributed by atoms with Crippen LogP contribution in [-0.2, 0) is 4.79 Å². The molecule has 0 spiro atoms. The van der Waals surface area contributed by atoms with Crippen molar-refractivity contribution in [3.05, 3.63) is 54.1 Å². The standard InChI is InChI=1S/C15H16N2O3/c1-10(18)16-14-8-7-12(9-13(14)15(19)20)17-11-5-3-2-4-6-11/h2-9,15,17,19-20H,1H3,(H,16,18). The van der Waals surface area contributed by atoms with Gasteiger partial charge >= 0.3 is 0 Å². The van der Waals surface area contributed by atoms with Gasteiger partial charge in [0.15, 0.2) is 6.29 Å².